The molecule has 0 spiro atoms. The zero-order valence-electron chi connectivity index (χ0n) is 17.1. The average molecular weight is 439 g/mol. The van der Waals surface area contributed by atoms with E-state index in [4.69, 9.17) is 16.3 Å². The van der Waals surface area contributed by atoms with Crippen molar-refractivity contribution < 1.29 is 17.9 Å². The van der Waals surface area contributed by atoms with Crippen molar-refractivity contribution in [1.29, 1.82) is 0 Å². The average Bonchev–Trinajstić information content (AvgIpc) is 2.65. The minimum atomic E-state index is -3.62. The molecule has 0 atom stereocenters. The number of hydrogen-bond acceptors (Lipinski definition) is 4. The highest BCUT2D eigenvalue weighted by molar-refractivity contribution is 7.92. The molecule has 0 heterocycles. The number of halogens is 1. The van der Waals surface area contributed by atoms with Crippen molar-refractivity contribution in [2.45, 2.75) is 26.7 Å². The summed E-state index contributed by atoms with van der Waals surface area (Å²) < 4.78 is 31.4. The number of nitrogens with one attached hydrogen (secondary N) is 1. The maximum Gasteiger partial charge on any atom is 0.240 e. The Morgan fingerprint density at radius 2 is 1.90 bits per heavy atom. The second-order valence-electron chi connectivity index (χ2n) is 7.09. The van der Waals surface area contributed by atoms with E-state index >= 15 is 0 Å². The second kappa shape index (κ2) is 9.98. The molecule has 0 saturated carbocycles. The molecule has 0 radical (unpaired) electrons. The first-order valence-electron chi connectivity index (χ1n) is 9.32. The van der Waals surface area contributed by atoms with E-state index in [9.17, 15) is 13.2 Å². The summed E-state index contributed by atoms with van der Waals surface area (Å²) in [5.74, 6) is 0.325. The Balaban J connectivity index is 1.98. The van der Waals surface area contributed by atoms with Crippen LogP contribution in [0, 0.1) is 6.92 Å². The lowest BCUT2D eigenvalue weighted by Gasteiger charge is -2.25. The van der Waals surface area contributed by atoms with Gasteiger partial charge in [-0.25, -0.2) is 8.42 Å². The Bertz CT molecular complexity index is 961. The highest BCUT2D eigenvalue weighted by Gasteiger charge is 2.23. The van der Waals surface area contributed by atoms with Crippen LogP contribution in [0.4, 0.5) is 5.69 Å². The first kappa shape index (κ1) is 23.0. The number of rotatable bonds is 9. The lowest BCUT2D eigenvalue weighted by molar-refractivity contribution is -0.119. The molecule has 0 aliphatic carbocycles. The van der Waals surface area contributed by atoms with Crippen LogP contribution in [0.5, 0.6) is 5.75 Å². The summed E-state index contributed by atoms with van der Waals surface area (Å²) >= 11 is 6.06. The van der Waals surface area contributed by atoms with Gasteiger partial charge in [-0.15, -0.1) is 0 Å². The molecule has 0 fully saturated rings. The van der Waals surface area contributed by atoms with E-state index in [1.165, 1.54) is 0 Å². The first-order chi connectivity index (χ1) is 13.6. The predicted molar refractivity (Wildman–Crippen MR) is 117 cm³/mol. The number of aryl methyl sites for hydroxylation is 1. The highest BCUT2D eigenvalue weighted by atomic mass is 35.5. The Morgan fingerprint density at radius 1 is 1.21 bits per heavy atom. The van der Waals surface area contributed by atoms with Crippen molar-refractivity contribution >= 4 is 33.2 Å². The molecule has 8 heteroatoms. The molecule has 0 aromatic heterocycles. The number of carbonyl (C=O) groups excluding carboxylic acids is 1. The van der Waals surface area contributed by atoms with Gasteiger partial charge in [0.2, 0.25) is 15.9 Å². The van der Waals surface area contributed by atoms with Crippen LogP contribution >= 0.6 is 11.6 Å². The van der Waals surface area contributed by atoms with Gasteiger partial charge in [0.25, 0.3) is 0 Å². The van der Waals surface area contributed by atoms with E-state index in [1.54, 1.807) is 24.3 Å². The molecule has 1 amide bonds. The van der Waals surface area contributed by atoms with Gasteiger partial charge < -0.3 is 10.1 Å². The van der Waals surface area contributed by atoms with Crippen LogP contribution < -0.4 is 14.4 Å². The number of anilines is 1. The summed E-state index contributed by atoms with van der Waals surface area (Å²) in [6.07, 6.45) is 1.10. The molecule has 0 aliphatic heterocycles. The van der Waals surface area contributed by atoms with Crippen LogP contribution in [0.25, 0.3) is 0 Å². The van der Waals surface area contributed by atoms with Gasteiger partial charge >= 0.3 is 0 Å². The fourth-order valence-corrected chi connectivity index (χ4v) is 3.84. The summed E-state index contributed by atoms with van der Waals surface area (Å²) in [5, 5.41) is 3.31. The third kappa shape index (κ3) is 6.65. The summed E-state index contributed by atoms with van der Waals surface area (Å²) in [6.45, 7) is 6.05. The SMILES string of the molecule is Cc1ccc(OCCNC(=O)CN(c2ccccc2C(C)C)S(C)(=O)=O)cc1Cl. The van der Waals surface area contributed by atoms with Crippen molar-refractivity contribution in [2.24, 2.45) is 0 Å². The number of ether oxygens (including phenoxy) is 1. The quantitative estimate of drug-likeness (QED) is 0.605. The third-order valence-corrected chi connectivity index (χ3v) is 5.88. The largest absolute Gasteiger partial charge is 0.492 e. The first-order valence-corrected chi connectivity index (χ1v) is 11.5. The molecule has 0 aliphatic rings. The van der Waals surface area contributed by atoms with E-state index in [-0.39, 0.29) is 25.6 Å². The minimum Gasteiger partial charge on any atom is -0.492 e. The van der Waals surface area contributed by atoms with Gasteiger partial charge in [0.15, 0.2) is 0 Å². The van der Waals surface area contributed by atoms with Crippen LogP contribution in [-0.2, 0) is 14.8 Å². The van der Waals surface area contributed by atoms with E-state index < -0.39 is 15.9 Å². The minimum absolute atomic E-state index is 0.119. The number of sulfonamides is 1. The Labute approximate surface area is 177 Å². The van der Waals surface area contributed by atoms with Crippen LogP contribution in [-0.4, -0.2) is 40.3 Å². The highest BCUT2D eigenvalue weighted by Crippen LogP contribution is 2.28. The van der Waals surface area contributed by atoms with E-state index in [2.05, 4.69) is 5.32 Å². The van der Waals surface area contributed by atoms with Gasteiger partial charge in [-0.1, -0.05) is 49.7 Å². The van der Waals surface area contributed by atoms with Crippen LogP contribution in [0.15, 0.2) is 42.5 Å². The molecular weight excluding hydrogens is 412 g/mol. The smallest absolute Gasteiger partial charge is 0.240 e. The zero-order chi connectivity index (χ0) is 21.6. The van der Waals surface area contributed by atoms with Gasteiger partial charge in [0.1, 0.15) is 18.9 Å². The number of benzene rings is 2. The number of nitrogens with zero attached hydrogens (tertiary/aromatic N) is 1. The lowest BCUT2D eigenvalue weighted by atomic mass is 10.0. The number of hydrogen-bond donors (Lipinski definition) is 1. The van der Waals surface area contributed by atoms with Crippen molar-refractivity contribution in [3.8, 4) is 5.75 Å². The molecule has 0 unspecified atom stereocenters. The summed E-state index contributed by atoms with van der Waals surface area (Å²) in [5.41, 5.74) is 2.34. The number of carbonyl (C=O) groups is 1. The number of amides is 1. The fraction of sp³-hybridized carbons (Fsp3) is 0.381. The van der Waals surface area contributed by atoms with E-state index in [0.29, 0.717) is 16.5 Å². The van der Waals surface area contributed by atoms with Gasteiger partial charge in [-0.3, -0.25) is 9.10 Å². The zero-order valence-corrected chi connectivity index (χ0v) is 18.7. The molecule has 29 heavy (non-hydrogen) atoms. The van der Waals surface area contributed by atoms with Gasteiger partial charge in [0, 0.05) is 5.02 Å². The van der Waals surface area contributed by atoms with Gasteiger partial charge in [0.05, 0.1) is 18.5 Å². The van der Waals surface area contributed by atoms with Gasteiger partial charge in [-0.2, -0.15) is 0 Å². The predicted octanol–water partition coefficient (Wildman–Crippen LogP) is 3.73. The number of para-hydroxylation sites is 1. The van der Waals surface area contributed by atoms with Crippen molar-refractivity contribution in [3.63, 3.8) is 0 Å². The van der Waals surface area contributed by atoms with Crippen molar-refractivity contribution in [3.05, 3.63) is 58.6 Å². The molecular formula is C21H27ClN2O4S. The van der Waals surface area contributed by atoms with Crippen LogP contribution in [0.1, 0.15) is 30.9 Å². The second-order valence-corrected chi connectivity index (χ2v) is 9.41. The van der Waals surface area contributed by atoms with Crippen LogP contribution in [0.2, 0.25) is 5.02 Å². The lowest BCUT2D eigenvalue weighted by Crippen LogP contribution is -2.41. The molecule has 0 saturated heterocycles. The standard InChI is InChI=1S/C21H27ClN2O4S/c1-15(2)18-7-5-6-8-20(18)24(29(4,26)27)14-21(25)23-11-12-28-17-10-9-16(3)19(22)13-17/h5-10,13,15H,11-12,14H2,1-4H3,(H,23,25). The summed E-state index contributed by atoms with van der Waals surface area (Å²) in [4.78, 5) is 12.4. The molecule has 158 valence electrons. The van der Waals surface area contributed by atoms with Crippen molar-refractivity contribution in [2.75, 3.05) is 30.3 Å². The summed E-state index contributed by atoms with van der Waals surface area (Å²) in [6, 6.07) is 12.6. The maximum absolute atomic E-state index is 12.4. The Hall–Kier alpha value is -2.25. The van der Waals surface area contributed by atoms with E-state index in [0.717, 1.165) is 21.7 Å². The van der Waals surface area contributed by atoms with Gasteiger partial charge in [-0.05, 0) is 42.2 Å². The Kier molecular flexibility index (Phi) is 7.93. The normalized spacial score (nSPS) is 11.4. The Morgan fingerprint density at radius 3 is 2.52 bits per heavy atom. The molecule has 0 bridgehead atoms. The monoisotopic (exact) mass is 438 g/mol. The van der Waals surface area contributed by atoms with Crippen molar-refractivity contribution in [1.82, 2.24) is 5.32 Å². The molecule has 2 rings (SSSR count). The third-order valence-electron chi connectivity index (χ3n) is 4.35. The topological polar surface area (TPSA) is 75.7 Å². The van der Waals surface area contributed by atoms with E-state index in [1.807, 2.05) is 39.0 Å². The molecule has 2 aromatic carbocycles. The maximum atomic E-state index is 12.4. The van der Waals surface area contributed by atoms with Crippen LogP contribution in [0.3, 0.4) is 0 Å². The molecule has 6 nitrogen and oxygen atoms in total. The molecule has 2 aromatic rings. The summed E-state index contributed by atoms with van der Waals surface area (Å²) in [7, 11) is -3.62. The molecule has 1 N–H and O–H groups in total. The fourth-order valence-electron chi connectivity index (χ4n) is 2.79.